The Hall–Kier alpha value is -3.80. The van der Waals surface area contributed by atoms with E-state index in [1.807, 2.05) is 0 Å². The quantitative estimate of drug-likeness (QED) is 0.556. The highest BCUT2D eigenvalue weighted by Crippen LogP contribution is 2.32. The largest absolute Gasteiger partial charge is 0.486 e. The maximum absolute atomic E-state index is 12.6. The second-order valence-electron chi connectivity index (χ2n) is 5.98. The van der Waals surface area contributed by atoms with Crippen molar-refractivity contribution in [3.8, 4) is 11.5 Å². The second-order valence-corrected chi connectivity index (χ2v) is 7.66. The Labute approximate surface area is 171 Å². The van der Waals surface area contributed by atoms with Gasteiger partial charge in [-0.3, -0.25) is 14.8 Å². The fourth-order valence-electron chi connectivity index (χ4n) is 2.47. The van der Waals surface area contributed by atoms with E-state index in [0.29, 0.717) is 24.7 Å². The Morgan fingerprint density at radius 3 is 2.33 bits per heavy atom. The molecular weight excluding hydrogens is 418 g/mol. The van der Waals surface area contributed by atoms with E-state index in [2.05, 4.69) is 4.72 Å². The molecule has 0 spiro atoms. The van der Waals surface area contributed by atoms with Crippen LogP contribution in [0.3, 0.4) is 0 Å². The number of amides is 3. The summed E-state index contributed by atoms with van der Waals surface area (Å²) in [6.45, 7) is 0.0217. The predicted molar refractivity (Wildman–Crippen MR) is 103 cm³/mol. The van der Waals surface area contributed by atoms with E-state index < -0.39 is 34.5 Å². The molecular formula is C18H17N3O8S. The highest BCUT2D eigenvalue weighted by atomic mass is 32.2. The van der Waals surface area contributed by atoms with Crippen molar-refractivity contribution < 1.29 is 37.0 Å². The average Bonchev–Trinajstić information content (AvgIpc) is 2.71. The van der Waals surface area contributed by atoms with Gasteiger partial charge in [-0.15, -0.1) is 0 Å². The van der Waals surface area contributed by atoms with Gasteiger partial charge in [0.25, 0.3) is 15.9 Å². The van der Waals surface area contributed by atoms with Gasteiger partial charge >= 0.3 is 12.0 Å². The predicted octanol–water partition coefficient (Wildman–Crippen LogP) is 0.610. The molecule has 0 aromatic heterocycles. The molecule has 1 aliphatic heterocycles. The molecule has 2 aromatic carbocycles. The normalized spacial score (nSPS) is 12.5. The van der Waals surface area contributed by atoms with Gasteiger partial charge in [-0.25, -0.2) is 18.0 Å². The van der Waals surface area contributed by atoms with Gasteiger partial charge in [-0.05, 0) is 36.4 Å². The highest BCUT2D eigenvalue weighted by molar-refractivity contribution is 7.92. The molecule has 0 radical (unpaired) electrons. The van der Waals surface area contributed by atoms with Crippen LogP contribution >= 0.6 is 0 Å². The highest BCUT2D eigenvalue weighted by Gasteiger charge is 2.20. The maximum Gasteiger partial charge on any atom is 0.338 e. The minimum Gasteiger partial charge on any atom is -0.486 e. The Morgan fingerprint density at radius 1 is 1.00 bits per heavy atom. The van der Waals surface area contributed by atoms with Crippen molar-refractivity contribution in [2.45, 2.75) is 4.90 Å². The van der Waals surface area contributed by atoms with E-state index in [9.17, 15) is 22.8 Å². The number of anilines is 1. The van der Waals surface area contributed by atoms with Crippen LogP contribution in [-0.4, -0.2) is 46.1 Å². The van der Waals surface area contributed by atoms with Crippen LogP contribution in [-0.2, 0) is 19.6 Å². The topological polar surface area (TPSA) is 163 Å². The Morgan fingerprint density at radius 2 is 1.67 bits per heavy atom. The molecule has 3 amide bonds. The number of nitrogens with one attached hydrogen (secondary N) is 2. The zero-order valence-corrected chi connectivity index (χ0v) is 16.2. The smallest absolute Gasteiger partial charge is 0.338 e. The van der Waals surface area contributed by atoms with Crippen molar-refractivity contribution in [2.24, 2.45) is 5.73 Å². The molecule has 0 bridgehead atoms. The number of nitrogens with two attached hydrogens (primary N) is 1. The number of imide groups is 1. The number of esters is 1. The molecule has 1 aliphatic rings. The third-order valence-corrected chi connectivity index (χ3v) is 5.17. The zero-order valence-electron chi connectivity index (χ0n) is 15.4. The van der Waals surface area contributed by atoms with E-state index in [0.717, 1.165) is 0 Å². The molecule has 0 fully saturated rings. The van der Waals surface area contributed by atoms with Gasteiger partial charge in [0.1, 0.15) is 13.2 Å². The van der Waals surface area contributed by atoms with Crippen LogP contribution in [0.15, 0.2) is 47.4 Å². The lowest BCUT2D eigenvalue weighted by molar-refractivity contribution is -0.123. The Bertz CT molecular complexity index is 1080. The molecule has 30 heavy (non-hydrogen) atoms. The summed E-state index contributed by atoms with van der Waals surface area (Å²) in [5, 5.41) is 1.75. The number of urea groups is 1. The fourth-order valence-corrected chi connectivity index (χ4v) is 3.54. The first-order valence-corrected chi connectivity index (χ1v) is 10.0. The monoisotopic (exact) mass is 435 g/mol. The minimum atomic E-state index is -3.91. The summed E-state index contributed by atoms with van der Waals surface area (Å²) in [6.07, 6.45) is 0. The molecule has 0 unspecified atom stereocenters. The van der Waals surface area contributed by atoms with E-state index >= 15 is 0 Å². The molecule has 0 saturated heterocycles. The van der Waals surface area contributed by atoms with Crippen molar-refractivity contribution in [2.75, 3.05) is 24.5 Å². The number of sulfonamides is 1. The SMILES string of the molecule is NC(=O)NC(=O)COC(=O)c1ccc(NS(=O)(=O)c2ccc3c(c2)OCCO3)cc1. The summed E-state index contributed by atoms with van der Waals surface area (Å²) in [6, 6.07) is 8.54. The number of hydrogen-bond donors (Lipinski definition) is 3. The first-order valence-electron chi connectivity index (χ1n) is 8.53. The van der Waals surface area contributed by atoms with Crippen LogP contribution in [0.2, 0.25) is 0 Å². The summed E-state index contributed by atoms with van der Waals surface area (Å²) < 4.78 is 43.1. The van der Waals surface area contributed by atoms with E-state index in [1.54, 1.807) is 5.32 Å². The molecule has 1 heterocycles. The van der Waals surface area contributed by atoms with Crippen LogP contribution in [0.5, 0.6) is 11.5 Å². The molecule has 0 atom stereocenters. The Balaban J connectivity index is 1.64. The summed E-state index contributed by atoms with van der Waals surface area (Å²) in [7, 11) is -3.91. The summed E-state index contributed by atoms with van der Waals surface area (Å²) in [4.78, 5) is 33.7. The van der Waals surface area contributed by atoms with Gasteiger partial charge < -0.3 is 19.9 Å². The molecule has 0 aliphatic carbocycles. The van der Waals surface area contributed by atoms with E-state index in [4.69, 9.17) is 19.9 Å². The van der Waals surface area contributed by atoms with Crippen molar-refractivity contribution in [3.05, 3.63) is 48.0 Å². The van der Waals surface area contributed by atoms with Crippen molar-refractivity contribution >= 4 is 33.6 Å². The fraction of sp³-hybridized carbons (Fsp3) is 0.167. The molecule has 3 rings (SSSR count). The van der Waals surface area contributed by atoms with Gasteiger partial charge in [-0.1, -0.05) is 0 Å². The molecule has 2 aromatic rings. The average molecular weight is 435 g/mol. The number of ether oxygens (including phenoxy) is 3. The molecule has 12 heteroatoms. The molecule has 158 valence electrons. The van der Waals surface area contributed by atoms with Gasteiger partial charge in [0.2, 0.25) is 0 Å². The van der Waals surface area contributed by atoms with Gasteiger partial charge in [0.05, 0.1) is 10.5 Å². The zero-order chi connectivity index (χ0) is 21.7. The standard InChI is InChI=1S/C18H17N3O8S/c19-18(24)20-16(22)10-29-17(23)11-1-3-12(4-2-11)21-30(25,26)13-5-6-14-15(9-13)28-8-7-27-14/h1-6,9,21H,7-8,10H2,(H3,19,20,22,24). The van der Waals surface area contributed by atoms with Gasteiger partial charge in [-0.2, -0.15) is 0 Å². The minimum absolute atomic E-state index is 0.0179. The third-order valence-electron chi connectivity index (χ3n) is 3.79. The first kappa shape index (κ1) is 20.9. The number of primary amides is 1. The van der Waals surface area contributed by atoms with Crippen molar-refractivity contribution in [1.29, 1.82) is 0 Å². The summed E-state index contributed by atoms with van der Waals surface area (Å²) >= 11 is 0. The number of hydrogen-bond acceptors (Lipinski definition) is 8. The molecule has 0 saturated carbocycles. The summed E-state index contributed by atoms with van der Waals surface area (Å²) in [5.74, 6) is -0.911. The lowest BCUT2D eigenvalue weighted by atomic mass is 10.2. The van der Waals surface area contributed by atoms with Crippen molar-refractivity contribution in [1.82, 2.24) is 5.32 Å². The number of benzene rings is 2. The van der Waals surface area contributed by atoms with Crippen molar-refractivity contribution in [3.63, 3.8) is 0 Å². The number of fused-ring (bicyclic) bond motifs is 1. The molecule has 11 nitrogen and oxygen atoms in total. The molecule has 4 N–H and O–H groups in total. The lowest BCUT2D eigenvalue weighted by Gasteiger charge is -2.19. The maximum atomic E-state index is 12.6. The number of rotatable bonds is 6. The third kappa shape index (κ3) is 5.17. The lowest BCUT2D eigenvalue weighted by Crippen LogP contribution is -2.37. The number of carbonyl (C=O) groups excluding carboxylic acids is 3. The number of carbonyl (C=O) groups is 3. The summed E-state index contributed by atoms with van der Waals surface area (Å²) in [5.41, 5.74) is 5.05. The Kier molecular flexibility index (Phi) is 6.06. The van der Waals surface area contributed by atoms with E-state index in [1.165, 1.54) is 42.5 Å². The van der Waals surface area contributed by atoms with E-state index in [-0.39, 0.29) is 16.1 Å². The van der Waals surface area contributed by atoms with Gasteiger partial charge in [0, 0.05) is 11.8 Å². The second kappa shape index (κ2) is 8.69. The van der Waals surface area contributed by atoms with Crippen LogP contribution < -0.4 is 25.2 Å². The van der Waals surface area contributed by atoms with Gasteiger partial charge in [0.15, 0.2) is 18.1 Å². The van der Waals surface area contributed by atoms with Crippen LogP contribution in [0.1, 0.15) is 10.4 Å². The first-order chi connectivity index (χ1) is 14.2. The van der Waals surface area contributed by atoms with Crippen LogP contribution in [0.4, 0.5) is 10.5 Å². The van der Waals surface area contributed by atoms with Crippen LogP contribution in [0, 0.1) is 0 Å². The van der Waals surface area contributed by atoms with Crippen LogP contribution in [0.25, 0.3) is 0 Å².